The normalized spacial score (nSPS) is 30.4. The fraction of sp³-hybridized carbons (Fsp3) is 0.609. The Hall–Kier alpha value is -2.55. The second-order valence-corrected chi connectivity index (χ2v) is 9.27. The van der Waals surface area contributed by atoms with E-state index in [1.165, 1.54) is 4.90 Å². The van der Waals surface area contributed by atoms with Crippen LogP contribution in [0.3, 0.4) is 0 Å². The van der Waals surface area contributed by atoms with Gasteiger partial charge in [0.15, 0.2) is 0 Å². The van der Waals surface area contributed by atoms with E-state index in [2.05, 4.69) is 10.2 Å². The van der Waals surface area contributed by atoms with Crippen LogP contribution >= 0.6 is 0 Å². The number of piperidine rings is 2. The van der Waals surface area contributed by atoms with Crippen LogP contribution in [0.15, 0.2) is 18.2 Å². The molecule has 2 saturated heterocycles. The molecule has 5 rings (SSSR count). The molecule has 1 aliphatic carbocycles. The number of rotatable bonds is 4. The quantitative estimate of drug-likeness (QED) is 0.718. The predicted octanol–water partition coefficient (Wildman–Crippen LogP) is 2.48. The van der Waals surface area contributed by atoms with E-state index in [4.69, 9.17) is 4.74 Å². The summed E-state index contributed by atoms with van der Waals surface area (Å²) in [4.78, 5) is 40.1. The Balaban J connectivity index is 1.26. The Morgan fingerprint density at radius 3 is 2.59 bits per heavy atom. The number of imide groups is 1. The van der Waals surface area contributed by atoms with E-state index in [9.17, 15) is 23.2 Å². The van der Waals surface area contributed by atoms with Crippen molar-refractivity contribution in [3.63, 3.8) is 0 Å². The lowest BCUT2D eigenvalue weighted by molar-refractivity contribution is -0.136. The molecule has 9 heteroatoms. The minimum Gasteiger partial charge on any atom is -0.489 e. The van der Waals surface area contributed by atoms with Gasteiger partial charge in [-0.3, -0.25) is 24.6 Å². The minimum atomic E-state index is -2.56. The van der Waals surface area contributed by atoms with Crippen molar-refractivity contribution in [3.8, 4) is 5.75 Å². The topological polar surface area (TPSA) is 79.0 Å². The van der Waals surface area contributed by atoms with Crippen LogP contribution < -0.4 is 10.1 Å². The molecule has 3 heterocycles. The van der Waals surface area contributed by atoms with Gasteiger partial charge in [-0.05, 0) is 49.4 Å². The molecule has 3 atom stereocenters. The first-order chi connectivity index (χ1) is 15.3. The van der Waals surface area contributed by atoms with Crippen molar-refractivity contribution in [2.24, 2.45) is 0 Å². The molecule has 32 heavy (non-hydrogen) atoms. The van der Waals surface area contributed by atoms with Crippen LogP contribution in [-0.2, 0) is 16.1 Å². The summed E-state index contributed by atoms with van der Waals surface area (Å²) >= 11 is 0. The highest BCUT2D eigenvalue weighted by atomic mass is 19.3. The molecule has 1 aromatic rings. The summed E-state index contributed by atoms with van der Waals surface area (Å²) in [6.07, 6.45) is 3.07. The average molecular weight is 447 g/mol. The summed E-state index contributed by atoms with van der Waals surface area (Å²) < 4.78 is 33.4. The number of halogens is 2. The van der Waals surface area contributed by atoms with E-state index in [0.717, 1.165) is 24.8 Å². The van der Waals surface area contributed by atoms with Gasteiger partial charge in [-0.1, -0.05) is 0 Å². The van der Waals surface area contributed by atoms with Gasteiger partial charge < -0.3 is 9.64 Å². The van der Waals surface area contributed by atoms with Crippen LogP contribution in [0.5, 0.6) is 5.75 Å². The fourth-order valence-corrected chi connectivity index (χ4v) is 5.44. The molecule has 0 bridgehead atoms. The number of benzene rings is 1. The second kappa shape index (κ2) is 8.10. The van der Waals surface area contributed by atoms with Gasteiger partial charge in [0.25, 0.3) is 11.8 Å². The number of carbonyl (C=O) groups is 3. The first-order valence-electron chi connectivity index (χ1n) is 11.4. The number of likely N-dealkylation sites (tertiary alicyclic amines) is 1. The number of amides is 3. The summed E-state index contributed by atoms with van der Waals surface area (Å²) in [7, 11) is 0. The lowest BCUT2D eigenvalue weighted by Crippen LogP contribution is -2.52. The molecule has 3 amide bonds. The standard InChI is InChI=1S/C23H27F2N3O4/c24-23(25)8-10-27(11-9-23)17-2-1-3-19(17)32-15-4-5-16-14(12-15)13-28(22(16)31)18-6-7-20(29)26-21(18)30/h4-5,12,17-19H,1-3,6-11,13H2,(H,26,29,30)/t17-,18?,19+/m0/s1. The Kier molecular flexibility index (Phi) is 5.39. The zero-order valence-corrected chi connectivity index (χ0v) is 17.8. The van der Waals surface area contributed by atoms with Crippen LogP contribution in [0.25, 0.3) is 0 Å². The summed E-state index contributed by atoms with van der Waals surface area (Å²) in [5.74, 6) is -2.86. The van der Waals surface area contributed by atoms with E-state index in [-0.39, 0.29) is 43.2 Å². The van der Waals surface area contributed by atoms with Gasteiger partial charge in [0, 0.05) is 50.5 Å². The number of hydrogen-bond acceptors (Lipinski definition) is 5. The monoisotopic (exact) mass is 447 g/mol. The zero-order chi connectivity index (χ0) is 22.5. The van der Waals surface area contributed by atoms with E-state index in [1.54, 1.807) is 12.1 Å². The summed E-state index contributed by atoms with van der Waals surface area (Å²) in [6, 6.07) is 4.82. The summed E-state index contributed by atoms with van der Waals surface area (Å²) in [5, 5.41) is 2.31. The van der Waals surface area contributed by atoms with Crippen molar-refractivity contribution in [2.45, 2.75) is 75.6 Å². The predicted molar refractivity (Wildman–Crippen MR) is 110 cm³/mol. The number of nitrogens with one attached hydrogen (secondary N) is 1. The minimum absolute atomic E-state index is 0.0666. The first-order valence-corrected chi connectivity index (χ1v) is 11.4. The molecule has 0 spiro atoms. The lowest BCUT2D eigenvalue weighted by Gasteiger charge is -2.38. The molecule has 1 aromatic carbocycles. The van der Waals surface area contributed by atoms with Crippen molar-refractivity contribution < 1.29 is 27.9 Å². The van der Waals surface area contributed by atoms with Crippen LogP contribution in [-0.4, -0.2) is 64.7 Å². The molecule has 1 saturated carbocycles. The van der Waals surface area contributed by atoms with Crippen LogP contribution in [0.1, 0.15) is 60.9 Å². The smallest absolute Gasteiger partial charge is 0.255 e. The number of nitrogens with zero attached hydrogens (tertiary/aromatic N) is 2. The number of hydrogen-bond donors (Lipinski definition) is 1. The molecular formula is C23H27F2N3O4. The third-order valence-corrected chi connectivity index (χ3v) is 7.20. The molecule has 3 fully saturated rings. The third-order valence-electron chi connectivity index (χ3n) is 7.20. The molecule has 172 valence electrons. The highest BCUT2D eigenvalue weighted by molar-refractivity contribution is 6.05. The van der Waals surface area contributed by atoms with Gasteiger partial charge in [0.1, 0.15) is 17.9 Å². The number of alkyl halides is 2. The van der Waals surface area contributed by atoms with Crippen LogP contribution in [0.4, 0.5) is 8.78 Å². The molecule has 4 aliphatic rings. The van der Waals surface area contributed by atoms with Crippen LogP contribution in [0.2, 0.25) is 0 Å². The van der Waals surface area contributed by atoms with E-state index < -0.39 is 17.9 Å². The van der Waals surface area contributed by atoms with Gasteiger partial charge in [0.05, 0.1) is 0 Å². The van der Waals surface area contributed by atoms with Gasteiger partial charge >= 0.3 is 0 Å². The fourth-order valence-electron chi connectivity index (χ4n) is 5.44. The molecule has 0 aromatic heterocycles. The highest BCUT2D eigenvalue weighted by Gasteiger charge is 2.42. The SMILES string of the molecule is O=C1CCC(N2Cc3cc(O[C@@H]4CCC[C@@H]4N4CCC(F)(F)CC4)ccc3C2=O)C(=O)N1. The Bertz CT molecular complexity index is 943. The second-order valence-electron chi connectivity index (χ2n) is 9.27. The first kappa shape index (κ1) is 21.3. The maximum atomic E-state index is 13.5. The van der Waals surface area contributed by atoms with Crippen molar-refractivity contribution >= 4 is 17.7 Å². The zero-order valence-electron chi connectivity index (χ0n) is 17.8. The maximum Gasteiger partial charge on any atom is 0.255 e. The average Bonchev–Trinajstić information content (AvgIpc) is 3.33. The van der Waals surface area contributed by atoms with E-state index in [1.807, 2.05) is 6.07 Å². The van der Waals surface area contributed by atoms with E-state index in [0.29, 0.717) is 37.4 Å². The molecule has 7 nitrogen and oxygen atoms in total. The summed E-state index contributed by atoms with van der Waals surface area (Å²) in [6.45, 7) is 1.07. The highest BCUT2D eigenvalue weighted by Crippen LogP contribution is 2.36. The van der Waals surface area contributed by atoms with Crippen molar-refractivity contribution in [1.29, 1.82) is 0 Å². The Labute approximate surface area is 185 Å². The molecule has 1 unspecified atom stereocenters. The largest absolute Gasteiger partial charge is 0.489 e. The molecular weight excluding hydrogens is 420 g/mol. The maximum absolute atomic E-state index is 13.5. The van der Waals surface area contributed by atoms with Crippen molar-refractivity contribution in [2.75, 3.05) is 13.1 Å². The Morgan fingerprint density at radius 2 is 1.84 bits per heavy atom. The third kappa shape index (κ3) is 3.98. The van der Waals surface area contributed by atoms with E-state index >= 15 is 0 Å². The van der Waals surface area contributed by atoms with Crippen LogP contribution in [0, 0.1) is 0 Å². The number of ether oxygens (including phenoxy) is 1. The molecule has 0 radical (unpaired) electrons. The molecule has 3 aliphatic heterocycles. The van der Waals surface area contributed by atoms with Crippen molar-refractivity contribution in [3.05, 3.63) is 29.3 Å². The Morgan fingerprint density at radius 1 is 1.06 bits per heavy atom. The summed E-state index contributed by atoms with van der Waals surface area (Å²) in [5.41, 5.74) is 1.34. The van der Waals surface area contributed by atoms with Gasteiger partial charge in [0.2, 0.25) is 11.8 Å². The number of fused-ring (bicyclic) bond motifs is 1. The van der Waals surface area contributed by atoms with Gasteiger partial charge in [-0.2, -0.15) is 0 Å². The lowest BCUT2D eigenvalue weighted by atomic mass is 10.0. The van der Waals surface area contributed by atoms with Crippen molar-refractivity contribution in [1.82, 2.24) is 15.1 Å². The number of carbonyl (C=O) groups excluding carboxylic acids is 3. The molecule has 1 N–H and O–H groups in total. The van der Waals surface area contributed by atoms with Gasteiger partial charge in [-0.25, -0.2) is 8.78 Å². The van der Waals surface area contributed by atoms with Gasteiger partial charge in [-0.15, -0.1) is 0 Å².